The number of rotatable bonds is 2. The molecule has 1 aliphatic heterocycles. The second-order valence-corrected chi connectivity index (χ2v) is 5.58. The number of nitrogens with zero attached hydrogens (tertiary/aromatic N) is 1. The van der Waals surface area contributed by atoms with Crippen LogP contribution in [0.25, 0.3) is 0 Å². The first-order valence-corrected chi connectivity index (χ1v) is 6.52. The molecule has 0 aromatic heterocycles. The third-order valence-corrected chi connectivity index (χ3v) is 3.50. The highest BCUT2D eigenvalue weighted by Gasteiger charge is 2.30. The van der Waals surface area contributed by atoms with Crippen LogP contribution in [0.15, 0.2) is 24.3 Å². The summed E-state index contributed by atoms with van der Waals surface area (Å²) >= 11 is 0. The molecule has 2 rings (SSSR count). The third kappa shape index (κ3) is 3.33. The summed E-state index contributed by atoms with van der Waals surface area (Å²) in [5, 5.41) is 10.0. The Hall–Kier alpha value is -1.35. The Morgan fingerprint density at radius 2 is 2.06 bits per heavy atom. The van der Waals surface area contributed by atoms with Crippen LogP contribution in [0.1, 0.15) is 30.9 Å². The van der Waals surface area contributed by atoms with Crippen molar-refractivity contribution in [2.75, 3.05) is 13.1 Å². The van der Waals surface area contributed by atoms with Gasteiger partial charge in [0.2, 0.25) is 5.91 Å². The molecule has 1 saturated heterocycles. The molecule has 1 amide bonds. The van der Waals surface area contributed by atoms with Crippen molar-refractivity contribution in [3.8, 4) is 0 Å². The van der Waals surface area contributed by atoms with Crippen LogP contribution in [-0.4, -0.2) is 34.6 Å². The van der Waals surface area contributed by atoms with E-state index in [2.05, 4.69) is 0 Å². The van der Waals surface area contributed by atoms with E-state index in [9.17, 15) is 9.90 Å². The van der Waals surface area contributed by atoms with Crippen molar-refractivity contribution < 1.29 is 9.90 Å². The van der Waals surface area contributed by atoms with Crippen molar-refractivity contribution in [3.63, 3.8) is 0 Å². The summed E-state index contributed by atoms with van der Waals surface area (Å²) in [5.74, 6) is 0.110. The van der Waals surface area contributed by atoms with Crippen molar-refractivity contribution in [2.24, 2.45) is 0 Å². The monoisotopic (exact) mass is 247 g/mol. The first kappa shape index (κ1) is 13.1. The van der Waals surface area contributed by atoms with E-state index in [1.165, 1.54) is 5.56 Å². The summed E-state index contributed by atoms with van der Waals surface area (Å²) < 4.78 is 0. The second-order valence-electron chi connectivity index (χ2n) is 5.58. The lowest BCUT2D eigenvalue weighted by molar-refractivity contribution is -0.136. The lowest BCUT2D eigenvalue weighted by Gasteiger charge is -2.36. The lowest BCUT2D eigenvalue weighted by atomic mass is 9.94. The van der Waals surface area contributed by atoms with Crippen molar-refractivity contribution in [3.05, 3.63) is 35.4 Å². The van der Waals surface area contributed by atoms with Crippen LogP contribution in [-0.2, 0) is 11.2 Å². The van der Waals surface area contributed by atoms with Crippen LogP contribution in [0.4, 0.5) is 0 Å². The number of hydrogen-bond acceptors (Lipinski definition) is 2. The Morgan fingerprint density at radius 1 is 1.39 bits per heavy atom. The van der Waals surface area contributed by atoms with Crippen molar-refractivity contribution in [2.45, 2.75) is 38.7 Å². The van der Waals surface area contributed by atoms with Crippen LogP contribution in [0.5, 0.6) is 0 Å². The van der Waals surface area contributed by atoms with Gasteiger partial charge < -0.3 is 10.0 Å². The van der Waals surface area contributed by atoms with E-state index < -0.39 is 5.60 Å². The van der Waals surface area contributed by atoms with Gasteiger partial charge in [0.15, 0.2) is 0 Å². The highest BCUT2D eigenvalue weighted by Crippen LogP contribution is 2.20. The molecule has 1 fully saturated rings. The highest BCUT2D eigenvalue weighted by atomic mass is 16.3. The van der Waals surface area contributed by atoms with E-state index in [0.717, 1.165) is 24.9 Å². The number of piperidine rings is 1. The van der Waals surface area contributed by atoms with Gasteiger partial charge in [0.1, 0.15) is 0 Å². The molecule has 98 valence electrons. The van der Waals surface area contributed by atoms with Crippen LogP contribution >= 0.6 is 0 Å². The summed E-state index contributed by atoms with van der Waals surface area (Å²) in [7, 11) is 0. The minimum absolute atomic E-state index is 0.110. The number of carbonyl (C=O) groups excluding carboxylic acids is 1. The number of amides is 1. The molecule has 1 unspecified atom stereocenters. The van der Waals surface area contributed by atoms with E-state index in [-0.39, 0.29) is 5.91 Å². The summed E-state index contributed by atoms with van der Waals surface area (Å²) in [6.07, 6.45) is 2.09. The van der Waals surface area contributed by atoms with Crippen molar-refractivity contribution >= 4 is 5.91 Å². The third-order valence-electron chi connectivity index (χ3n) is 3.50. The minimum Gasteiger partial charge on any atom is -0.388 e. The predicted octanol–water partition coefficient (Wildman–Crippen LogP) is 1.91. The smallest absolute Gasteiger partial charge is 0.227 e. The van der Waals surface area contributed by atoms with Gasteiger partial charge >= 0.3 is 0 Å². The molecule has 3 nitrogen and oxygen atoms in total. The fourth-order valence-electron chi connectivity index (χ4n) is 2.43. The molecule has 1 aromatic rings. The molecule has 1 atom stereocenters. The largest absolute Gasteiger partial charge is 0.388 e. The number of aryl methyl sites for hydroxylation is 1. The first-order chi connectivity index (χ1) is 8.46. The zero-order chi connectivity index (χ0) is 13.2. The molecule has 0 bridgehead atoms. The van der Waals surface area contributed by atoms with Crippen LogP contribution in [0.2, 0.25) is 0 Å². The fraction of sp³-hybridized carbons (Fsp3) is 0.533. The van der Waals surface area contributed by atoms with E-state index in [1.54, 1.807) is 11.8 Å². The van der Waals surface area contributed by atoms with E-state index >= 15 is 0 Å². The average Bonchev–Trinajstić information content (AvgIpc) is 2.31. The first-order valence-electron chi connectivity index (χ1n) is 6.52. The summed E-state index contributed by atoms with van der Waals surface area (Å²) in [5.41, 5.74) is 1.52. The van der Waals surface area contributed by atoms with Gasteiger partial charge in [0.25, 0.3) is 0 Å². The Bertz CT molecular complexity index is 423. The summed E-state index contributed by atoms with van der Waals surface area (Å²) in [4.78, 5) is 13.9. The number of aliphatic hydroxyl groups is 1. The van der Waals surface area contributed by atoms with E-state index in [4.69, 9.17) is 0 Å². The van der Waals surface area contributed by atoms with Gasteiger partial charge in [-0.1, -0.05) is 29.8 Å². The van der Waals surface area contributed by atoms with E-state index in [0.29, 0.717) is 13.0 Å². The molecule has 1 N–H and O–H groups in total. The van der Waals surface area contributed by atoms with Crippen LogP contribution in [0.3, 0.4) is 0 Å². The topological polar surface area (TPSA) is 40.5 Å². The number of benzene rings is 1. The van der Waals surface area contributed by atoms with Crippen LogP contribution in [0, 0.1) is 6.92 Å². The maximum Gasteiger partial charge on any atom is 0.227 e. The molecule has 18 heavy (non-hydrogen) atoms. The summed E-state index contributed by atoms with van der Waals surface area (Å²) in [6, 6.07) is 8.04. The molecule has 0 spiro atoms. The maximum atomic E-state index is 12.2. The van der Waals surface area contributed by atoms with Gasteiger partial charge in [-0.15, -0.1) is 0 Å². The number of carbonyl (C=O) groups is 1. The maximum absolute atomic E-state index is 12.2. The zero-order valence-corrected chi connectivity index (χ0v) is 11.1. The van der Waals surface area contributed by atoms with Gasteiger partial charge in [-0.05, 0) is 32.3 Å². The summed E-state index contributed by atoms with van der Waals surface area (Å²) in [6.45, 7) is 5.06. The Morgan fingerprint density at radius 3 is 2.67 bits per heavy atom. The molecular formula is C15H21NO2. The fourth-order valence-corrected chi connectivity index (χ4v) is 2.43. The van der Waals surface area contributed by atoms with Gasteiger partial charge in [-0.2, -0.15) is 0 Å². The average molecular weight is 247 g/mol. The Balaban J connectivity index is 1.97. The van der Waals surface area contributed by atoms with Crippen LogP contribution < -0.4 is 0 Å². The zero-order valence-electron chi connectivity index (χ0n) is 11.1. The van der Waals surface area contributed by atoms with Crippen molar-refractivity contribution in [1.82, 2.24) is 4.90 Å². The molecular weight excluding hydrogens is 226 g/mol. The molecule has 1 aliphatic rings. The normalized spacial score (nSPS) is 24.1. The van der Waals surface area contributed by atoms with Gasteiger partial charge in [0.05, 0.1) is 12.0 Å². The quantitative estimate of drug-likeness (QED) is 0.867. The number of hydrogen-bond donors (Lipinski definition) is 1. The molecule has 3 heteroatoms. The number of likely N-dealkylation sites (tertiary alicyclic amines) is 1. The molecule has 1 aromatic carbocycles. The lowest BCUT2D eigenvalue weighted by Crippen LogP contribution is -2.49. The minimum atomic E-state index is -0.721. The molecule has 0 aliphatic carbocycles. The standard InChI is InChI=1S/C15H21NO2/c1-12-4-6-13(7-5-12)10-14(17)16-9-3-8-15(2,18)11-16/h4-7,18H,3,8-11H2,1-2H3. The Kier molecular flexibility index (Phi) is 3.71. The Labute approximate surface area is 108 Å². The van der Waals surface area contributed by atoms with E-state index in [1.807, 2.05) is 31.2 Å². The van der Waals surface area contributed by atoms with Gasteiger partial charge in [0, 0.05) is 13.1 Å². The molecule has 0 saturated carbocycles. The highest BCUT2D eigenvalue weighted by molar-refractivity contribution is 5.79. The van der Waals surface area contributed by atoms with Crippen molar-refractivity contribution in [1.29, 1.82) is 0 Å². The SMILES string of the molecule is Cc1ccc(CC(=O)N2CCCC(C)(O)C2)cc1. The second kappa shape index (κ2) is 5.11. The number of β-amino-alcohol motifs (C(OH)–C–C–N with tert-alkyl or cyclic N) is 1. The van der Waals surface area contributed by atoms with Gasteiger partial charge in [-0.25, -0.2) is 0 Å². The molecule has 1 heterocycles. The van der Waals surface area contributed by atoms with Gasteiger partial charge in [-0.3, -0.25) is 4.79 Å². The predicted molar refractivity (Wildman–Crippen MR) is 71.3 cm³/mol. The molecule has 0 radical (unpaired) electrons.